The number of hydrogen-bond donors (Lipinski definition) is 2. The van der Waals surface area contributed by atoms with Crippen LogP contribution in [0, 0.1) is 5.92 Å². The van der Waals surface area contributed by atoms with E-state index in [2.05, 4.69) is 20.7 Å². The molecule has 300 valence electrons. The summed E-state index contributed by atoms with van der Waals surface area (Å²) in [5.74, 6) is 0.130. The van der Waals surface area contributed by atoms with Crippen LogP contribution in [0.1, 0.15) is 72.4 Å². The molecular weight excluding hydrogens is 735 g/mol. The second-order valence-corrected chi connectivity index (χ2v) is 14.9. The van der Waals surface area contributed by atoms with E-state index in [1.807, 2.05) is 88.4 Å². The fraction of sp³-hybridized carbons (Fsp3) is 0.568. The summed E-state index contributed by atoms with van der Waals surface area (Å²) < 4.78 is 21.2. The first-order valence-electron chi connectivity index (χ1n) is 17.9. The zero-order valence-electron chi connectivity index (χ0n) is 33.6. The predicted molar refractivity (Wildman–Crippen MR) is 204 cm³/mol. The van der Waals surface area contributed by atoms with Gasteiger partial charge in [-0.2, -0.15) is 0 Å². The van der Waals surface area contributed by atoms with Crippen LogP contribution in [0.4, 0.5) is 19.2 Å². The van der Waals surface area contributed by atoms with Crippen LogP contribution in [0.3, 0.4) is 0 Å². The summed E-state index contributed by atoms with van der Waals surface area (Å²) in [5.41, 5.74) is 23.0. The number of rotatable bonds is 7. The van der Waals surface area contributed by atoms with Crippen molar-refractivity contribution in [3.63, 3.8) is 0 Å². The van der Waals surface area contributed by atoms with Crippen molar-refractivity contribution >= 4 is 24.4 Å². The molecule has 2 aliphatic heterocycles. The minimum absolute atomic E-state index is 0. The Morgan fingerprint density at radius 2 is 1.11 bits per heavy atom. The molecule has 2 fully saturated rings. The van der Waals surface area contributed by atoms with Crippen LogP contribution in [0.25, 0.3) is 26.4 Å². The Morgan fingerprint density at radius 3 is 1.50 bits per heavy atom. The number of nitrogens with one attached hydrogen (secondary N) is 2. The molecule has 18 nitrogen and oxygen atoms in total. The summed E-state index contributed by atoms with van der Waals surface area (Å²) in [5, 5.41) is 9.36. The van der Waals surface area contributed by atoms with Gasteiger partial charge in [0, 0.05) is 43.2 Å². The Hall–Kier alpha value is -4.86. The maximum absolute atomic E-state index is 12.2. The van der Waals surface area contributed by atoms with E-state index in [0.29, 0.717) is 32.5 Å². The van der Waals surface area contributed by atoms with Crippen molar-refractivity contribution in [3.8, 4) is 0 Å². The van der Waals surface area contributed by atoms with Crippen LogP contribution in [0.2, 0.25) is 0 Å². The van der Waals surface area contributed by atoms with Crippen LogP contribution >= 0.6 is 0 Å². The molecule has 0 bridgehead atoms. The molecule has 2 saturated heterocycles. The Balaban J connectivity index is 0.000000516. The number of alkyl carbamates (subject to hydrolysis) is 2. The molecule has 2 aromatic carbocycles. The van der Waals surface area contributed by atoms with Gasteiger partial charge in [0.2, 0.25) is 0 Å². The van der Waals surface area contributed by atoms with Crippen LogP contribution in [0.5, 0.6) is 0 Å². The summed E-state index contributed by atoms with van der Waals surface area (Å²) in [6.45, 7) is 15.0. The molecule has 4 atom stereocenters. The summed E-state index contributed by atoms with van der Waals surface area (Å²) in [4.78, 5) is 55.9. The second-order valence-electron chi connectivity index (χ2n) is 14.9. The Labute approximate surface area is 350 Å². The average Bonchev–Trinajstić information content (AvgIpc) is 3.11. The molecule has 0 spiro atoms. The van der Waals surface area contributed by atoms with Gasteiger partial charge in [-0.15, -0.1) is 0 Å². The summed E-state index contributed by atoms with van der Waals surface area (Å²) in [6.07, 6.45) is -0.668. The molecule has 56 heavy (non-hydrogen) atoms. The molecule has 2 aromatic rings. The van der Waals surface area contributed by atoms with Crippen molar-refractivity contribution in [1.29, 1.82) is 0 Å². The van der Waals surface area contributed by atoms with Crippen LogP contribution in [-0.4, -0.2) is 89.7 Å². The SMILES string of the molecule is CC(C)(C)OC(=O)N1CC[C@@H](NC(=O)OCc2ccccc2)[C@@H](N=[N+]=[N-])C1.C[C@@H]1CN(C(=O)OC(C)(C)C)CC[C@H]1NC(=O)OCc1ccccc1.[N-]=[N+]=[N-].[Na+]. The van der Waals surface area contributed by atoms with Gasteiger partial charge in [0.05, 0.1) is 6.04 Å². The quantitative estimate of drug-likeness (QED) is 0.126. The van der Waals surface area contributed by atoms with Gasteiger partial charge in [-0.3, -0.25) is 4.91 Å². The number of benzene rings is 2. The van der Waals surface area contributed by atoms with Crippen molar-refractivity contribution in [3.05, 3.63) is 98.2 Å². The van der Waals surface area contributed by atoms with Crippen LogP contribution in [0.15, 0.2) is 65.8 Å². The second kappa shape index (κ2) is 24.6. The van der Waals surface area contributed by atoms with E-state index in [1.165, 1.54) is 9.81 Å². The van der Waals surface area contributed by atoms with Gasteiger partial charge in [0.15, 0.2) is 0 Å². The van der Waals surface area contributed by atoms with Gasteiger partial charge in [-0.25, -0.2) is 19.2 Å². The normalized spacial score (nSPS) is 18.8. The minimum atomic E-state index is -0.610. The molecule has 0 radical (unpaired) electrons. The van der Waals surface area contributed by atoms with Crippen molar-refractivity contribution < 1.29 is 67.7 Å². The molecule has 0 unspecified atom stereocenters. The van der Waals surface area contributed by atoms with Crippen molar-refractivity contribution in [2.75, 3.05) is 26.2 Å². The zero-order valence-corrected chi connectivity index (χ0v) is 35.6. The maximum atomic E-state index is 12.2. The smallest absolute Gasteiger partial charge is 0.445 e. The molecule has 4 rings (SSSR count). The van der Waals surface area contributed by atoms with Crippen molar-refractivity contribution in [1.82, 2.24) is 20.4 Å². The number of ether oxygens (including phenoxy) is 4. The predicted octanol–water partition coefficient (Wildman–Crippen LogP) is 5.03. The number of likely N-dealkylation sites (tertiary alicyclic amines) is 2. The summed E-state index contributed by atoms with van der Waals surface area (Å²) in [7, 11) is 0. The first-order valence-corrected chi connectivity index (χ1v) is 17.9. The molecule has 4 amide bonds. The Morgan fingerprint density at radius 1 is 0.714 bits per heavy atom. The molecule has 0 aromatic heterocycles. The van der Waals surface area contributed by atoms with E-state index in [9.17, 15) is 19.2 Å². The number of amides is 4. The monoisotopic (exact) mass is 788 g/mol. The Bertz CT molecular complexity index is 1610. The molecular formula is C37H53N10NaO8. The maximum Gasteiger partial charge on any atom is 1.00 e. The van der Waals surface area contributed by atoms with Gasteiger partial charge in [0.25, 0.3) is 0 Å². The van der Waals surface area contributed by atoms with Crippen molar-refractivity contribution in [2.24, 2.45) is 11.0 Å². The molecule has 19 heteroatoms. The van der Waals surface area contributed by atoms with Crippen molar-refractivity contribution in [2.45, 2.75) is 104 Å². The fourth-order valence-corrected chi connectivity index (χ4v) is 5.46. The Kier molecular flexibility index (Phi) is 21.6. The van der Waals surface area contributed by atoms with E-state index in [4.69, 9.17) is 35.5 Å². The first-order chi connectivity index (χ1) is 25.9. The van der Waals surface area contributed by atoms with Crippen LogP contribution < -0.4 is 40.2 Å². The molecule has 2 aliphatic rings. The summed E-state index contributed by atoms with van der Waals surface area (Å²) >= 11 is 0. The molecule has 0 saturated carbocycles. The molecule has 2 N–H and O–H groups in total. The summed E-state index contributed by atoms with van der Waals surface area (Å²) in [6, 6.07) is 17.9. The first kappa shape index (κ1) is 49.2. The van der Waals surface area contributed by atoms with E-state index in [-0.39, 0.29) is 67.4 Å². The third kappa shape index (κ3) is 19.6. The van der Waals surface area contributed by atoms with Crippen LogP contribution in [-0.2, 0) is 32.2 Å². The topological polar surface area (TPSA) is 243 Å². The van der Waals surface area contributed by atoms with Gasteiger partial charge < -0.3 is 50.4 Å². The van der Waals surface area contributed by atoms with Gasteiger partial charge >= 0.3 is 53.9 Å². The zero-order chi connectivity index (χ0) is 41.0. The third-order valence-corrected chi connectivity index (χ3v) is 8.02. The van der Waals surface area contributed by atoms with Gasteiger partial charge in [0.1, 0.15) is 24.4 Å². The van der Waals surface area contributed by atoms with E-state index in [1.54, 1.807) is 25.7 Å². The molecule has 0 aliphatic carbocycles. The number of nitrogens with zero attached hydrogens (tertiary/aromatic N) is 8. The third-order valence-electron chi connectivity index (χ3n) is 8.02. The molecule has 2 heterocycles. The fourth-order valence-electron chi connectivity index (χ4n) is 5.46. The standard InChI is InChI=1S/C19H28N2O4.C18H25N5O4.N3.Na/c1-14-12-21(18(23)25-19(2,3)4)11-10-16(14)20-17(22)24-13-15-8-6-5-7-9-15;1-18(2,3)27-17(25)23-10-9-14(15(11-23)21-22-19)20-16(24)26-12-13-7-5-4-6-8-13;1-3-2;/h5-9,14,16H,10-13H2,1-4H3,(H,20,22);4-8,14-15H,9-12H2,1-3H3,(H,20,24);;/q;;-1;+1/t14-,16-;14-,15+;;/m11../s1. The number of carbonyl (C=O) groups is 4. The number of azide groups is 1. The van der Waals surface area contributed by atoms with E-state index in [0.717, 1.165) is 11.1 Å². The number of hydrogen-bond acceptors (Lipinski definition) is 9. The number of carbonyl (C=O) groups excluding carboxylic acids is 4. The van der Waals surface area contributed by atoms with Gasteiger partial charge in [-0.1, -0.05) is 72.7 Å². The van der Waals surface area contributed by atoms with Gasteiger partial charge in [-0.05, 0) is 77.0 Å². The average molecular weight is 789 g/mol. The largest absolute Gasteiger partial charge is 1.00 e. The van der Waals surface area contributed by atoms with E-state index >= 15 is 0 Å². The number of piperidine rings is 2. The van der Waals surface area contributed by atoms with E-state index < -0.39 is 41.6 Å². The minimum Gasteiger partial charge on any atom is -0.445 e.